The topological polar surface area (TPSA) is 73.0 Å². The smallest absolute Gasteiger partial charge is 0.265 e. The lowest BCUT2D eigenvalue weighted by molar-refractivity contribution is -0.133. The van der Waals surface area contributed by atoms with Crippen LogP contribution in [0.15, 0.2) is 70.7 Å². The summed E-state index contributed by atoms with van der Waals surface area (Å²) in [4.78, 5) is 33.3. The molecule has 1 saturated heterocycles. The molecule has 9 heteroatoms. The van der Waals surface area contributed by atoms with Crippen molar-refractivity contribution < 1.29 is 4.79 Å². The number of thioether (sulfide) groups is 1. The monoisotopic (exact) mass is 519 g/mol. The summed E-state index contributed by atoms with van der Waals surface area (Å²) < 4.78 is 3.35. The molecule has 36 heavy (non-hydrogen) atoms. The minimum absolute atomic E-state index is 0.121. The number of likely N-dealkylation sites (tertiary alicyclic amines) is 1. The van der Waals surface area contributed by atoms with Gasteiger partial charge < -0.3 is 4.90 Å². The number of piperidine rings is 1. The summed E-state index contributed by atoms with van der Waals surface area (Å²) in [5.41, 5.74) is 2.53. The van der Waals surface area contributed by atoms with E-state index in [4.69, 9.17) is 16.6 Å². The predicted octanol–water partition coefficient (Wildman–Crippen LogP) is 4.75. The van der Waals surface area contributed by atoms with E-state index in [0.29, 0.717) is 39.3 Å². The van der Waals surface area contributed by atoms with Crippen molar-refractivity contribution in [1.29, 1.82) is 0 Å². The highest BCUT2D eigenvalue weighted by Crippen LogP contribution is 2.34. The summed E-state index contributed by atoms with van der Waals surface area (Å²) in [6, 6.07) is 17.6. The van der Waals surface area contributed by atoms with Crippen LogP contribution in [0.2, 0.25) is 5.02 Å². The first kappa shape index (κ1) is 23.3. The molecule has 7 nitrogen and oxygen atoms in total. The number of carbonyl (C=O) groups excluding carboxylic acids is 1. The lowest BCUT2D eigenvalue weighted by Crippen LogP contribution is -2.40. The van der Waals surface area contributed by atoms with E-state index in [0.717, 1.165) is 38.0 Å². The molecule has 2 aromatic heterocycles. The van der Waals surface area contributed by atoms with Gasteiger partial charge in [0, 0.05) is 30.3 Å². The second-order valence-electron chi connectivity index (χ2n) is 9.52. The largest absolute Gasteiger partial charge is 0.343 e. The third kappa shape index (κ3) is 4.44. The van der Waals surface area contributed by atoms with E-state index < -0.39 is 0 Å². The molecule has 2 aliphatic rings. The molecule has 0 N–H and O–H groups in total. The SMILES string of the molecule is O=C(CC1CSc2nc3c(cnn3-c3ccc(Cl)cc3)c(=O)n21)N1CCC(Cc2ccccc2)CC1. The summed E-state index contributed by atoms with van der Waals surface area (Å²) >= 11 is 7.54. The molecule has 1 atom stereocenters. The van der Waals surface area contributed by atoms with Crippen LogP contribution in [0.3, 0.4) is 0 Å². The fraction of sp³-hybridized carbons (Fsp3) is 0.333. The Kier molecular flexibility index (Phi) is 6.31. The van der Waals surface area contributed by atoms with E-state index in [2.05, 4.69) is 29.4 Å². The maximum absolute atomic E-state index is 13.4. The molecule has 2 aromatic carbocycles. The van der Waals surface area contributed by atoms with Crippen molar-refractivity contribution in [3.63, 3.8) is 0 Å². The Balaban J connectivity index is 1.15. The first-order valence-corrected chi connectivity index (χ1v) is 13.6. The average Bonchev–Trinajstić information content (AvgIpc) is 3.51. The number of fused-ring (bicyclic) bond motifs is 2. The number of nitrogens with zero attached hydrogens (tertiary/aromatic N) is 5. The van der Waals surface area contributed by atoms with Crippen LogP contribution >= 0.6 is 23.4 Å². The van der Waals surface area contributed by atoms with Crippen molar-refractivity contribution in [1.82, 2.24) is 24.2 Å². The fourth-order valence-corrected chi connectivity index (χ4v) is 6.47. The van der Waals surface area contributed by atoms with Crippen LogP contribution in [-0.4, -0.2) is 49.0 Å². The first-order chi connectivity index (χ1) is 17.6. The Morgan fingerprint density at radius 1 is 1.06 bits per heavy atom. The Bertz CT molecular complexity index is 1460. The van der Waals surface area contributed by atoms with E-state index in [1.807, 2.05) is 23.1 Å². The quantitative estimate of drug-likeness (QED) is 0.356. The van der Waals surface area contributed by atoms with Crippen molar-refractivity contribution in [3.8, 4) is 5.69 Å². The maximum atomic E-state index is 13.4. The van der Waals surface area contributed by atoms with Crippen molar-refractivity contribution in [3.05, 3.63) is 81.7 Å². The van der Waals surface area contributed by atoms with Gasteiger partial charge in [0.15, 0.2) is 10.8 Å². The van der Waals surface area contributed by atoms with Crippen LogP contribution in [0.5, 0.6) is 0 Å². The number of hydrogen-bond acceptors (Lipinski definition) is 5. The molecule has 4 aromatic rings. The molecule has 2 aliphatic heterocycles. The maximum Gasteiger partial charge on any atom is 0.265 e. The van der Waals surface area contributed by atoms with Gasteiger partial charge in [-0.2, -0.15) is 5.10 Å². The number of carbonyl (C=O) groups is 1. The molecular formula is C27H26ClN5O2S. The van der Waals surface area contributed by atoms with Gasteiger partial charge in [0.05, 0.1) is 17.9 Å². The summed E-state index contributed by atoms with van der Waals surface area (Å²) in [7, 11) is 0. The zero-order chi connectivity index (χ0) is 24.6. The molecule has 184 valence electrons. The molecule has 0 spiro atoms. The third-order valence-corrected chi connectivity index (χ3v) is 8.54. The average molecular weight is 520 g/mol. The molecule has 4 heterocycles. The minimum atomic E-state index is -0.192. The number of aromatic nitrogens is 4. The predicted molar refractivity (Wildman–Crippen MR) is 142 cm³/mol. The van der Waals surface area contributed by atoms with E-state index in [1.54, 1.807) is 27.6 Å². The fourth-order valence-electron chi connectivity index (χ4n) is 5.22. The van der Waals surface area contributed by atoms with Gasteiger partial charge >= 0.3 is 0 Å². The highest BCUT2D eigenvalue weighted by Gasteiger charge is 2.32. The second kappa shape index (κ2) is 9.75. The lowest BCUT2D eigenvalue weighted by atomic mass is 9.90. The molecule has 1 amide bonds. The molecule has 1 fully saturated rings. The van der Waals surface area contributed by atoms with Crippen molar-refractivity contribution >= 4 is 40.3 Å². The van der Waals surface area contributed by atoms with Gasteiger partial charge in [0.25, 0.3) is 5.56 Å². The van der Waals surface area contributed by atoms with Gasteiger partial charge in [-0.25, -0.2) is 9.67 Å². The summed E-state index contributed by atoms with van der Waals surface area (Å²) in [5, 5.41) is 6.13. The third-order valence-electron chi connectivity index (χ3n) is 7.19. The lowest BCUT2D eigenvalue weighted by Gasteiger charge is -2.33. The van der Waals surface area contributed by atoms with Crippen LogP contribution in [-0.2, 0) is 11.2 Å². The molecule has 0 radical (unpaired) electrons. The Morgan fingerprint density at radius 3 is 2.56 bits per heavy atom. The number of rotatable bonds is 5. The molecule has 0 bridgehead atoms. The minimum Gasteiger partial charge on any atom is -0.343 e. The number of amides is 1. The van der Waals surface area contributed by atoms with E-state index in [1.165, 1.54) is 17.3 Å². The van der Waals surface area contributed by atoms with Gasteiger partial charge in [-0.3, -0.25) is 14.2 Å². The van der Waals surface area contributed by atoms with Gasteiger partial charge in [-0.15, -0.1) is 0 Å². The van der Waals surface area contributed by atoms with Crippen LogP contribution < -0.4 is 5.56 Å². The molecule has 0 aliphatic carbocycles. The van der Waals surface area contributed by atoms with Crippen LogP contribution in [0, 0.1) is 5.92 Å². The standard InChI is InChI=1S/C27H26ClN5O2S/c28-20-6-8-21(9-7-20)33-25-23(16-29-33)26(35)32-22(17-36-27(32)30-25)15-24(34)31-12-10-19(11-13-31)14-18-4-2-1-3-5-18/h1-9,16,19,22H,10-15,17H2. The Morgan fingerprint density at radius 2 is 1.81 bits per heavy atom. The van der Waals surface area contributed by atoms with Gasteiger partial charge in [-0.1, -0.05) is 53.7 Å². The van der Waals surface area contributed by atoms with E-state index in [-0.39, 0.29) is 17.5 Å². The molecule has 1 unspecified atom stereocenters. The summed E-state index contributed by atoms with van der Waals surface area (Å²) in [6.07, 6.45) is 4.98. The molecule has 6 rings (SSSR count). The van der Waals surface area contributed by atoms with Crippen LogP contribution in [0.1, 0.15) is 30.9 Å². The Labute approximate surface area is 218 Å². The van der Waals surface area contributed by atoms with Gasteiger partial charge in [-0.05, 0) is 55.0 Å². The van der Waals surface area contributed by atoms with Crippen molar-refractivity contribution in [2.75, 3.05) is 18.8 Å². The Hall–Kier alpha value is -3.10. The van der Waals surface area contributed by atoms with Gasteiger partial charge in [0.1, 0.15) is 5.39 Å². The molecular weight excluding hydrogens is 494 g/mol. The van der Waals surface area contributed by atoms with Crippen molar-refractivity contribution in [2.45, 2.75) is 36.9 Å². The second-order valence-corrected chi connectivity index (χ2v) is 10.9. The first-order valence-electron chi connectivity index (χ1n) is 12.3. The van der Waals surface area contributed by atoms with E-state index in [9.17, 15) is 9.59 Å². The highest BCUT2D eigenvalue weighted by molar-refractivity contribution is 7.99. The summed E-state index contributed by atoms with van der Waals surface area (Å²) in [6.45, 7) is 1.56. The zero-order valence-electron chi connectivity index (χ0n) is 19.7. The molecule has 0 saturated carbocycles. The number of halogens is 1. The van der Waals surface area contributed by atoms with Crippen LogP contribution in [0.25, 0.3) is 16.7 Å². The van der Waals surface area contributed by atoms with Crippen molar-refractivity contribution in [2.24, 2.45) is 5.92 Å². The van der Waals surface area contributed by atoms with E-state index >= 15 is 0 Å². The zero-order valence-corrected chi connectivity index (χ0v) is 21.3. The highest BCUT2D eigenvalue weighted by atomic mass is 35.5. The number of hydrogen-bond donors (Lipinski definition) is 0. The van der Waals surface area contributed by atoms with Crippen LogP contribution in [0.4, 0.5) is 0 Å². The normalized spacial score (nSPS) is 18.0. The summed E-state index contributed by atoms with van der Waals surface area (Å²) in [5.74, 6) is 1.39. The van der Waals surface area contributed by atoms with Gasteiger partial charge in [0.2, 0.25) is 5.91 Å². The number of benzene rings is 2.